The van der Waals surface area contributed by atoms with Crippen LogP contribution in [0.4, 0.5) is 5.69 Å². The third-order valence-corrected chi connectivity index (χ3v) is 7.32. The van der Waals surface area contributed by atoms with Crippen molar-refractivity contribution in [1.82, 2.24) is 4.90 Å². The van der Waals surface area contributed by atoms with Gasteiger partial charge in [0.05, 0.1) is 7.11 Å². The molecule has 1 fully saturated rings. The Bertz CT molecular complexity index is 1070. The largest absolute Gasteiger partial charge is 0.497 e. The van der Waals surface area contributed by atoms with E-state index in [1.807, 2.05) is 0 Å². The first kappa shape index (κ1) is 22.8. The van der Waals surface area contributed by atoms with Crippen LogP contribution in [0.25, 0.3) is 0 Å². The van der Waals surface area contributed by atoms with Crippen molar-refractivity contribution in [3.8, 4) is 11.5 Å². The number of hydrogen-bond acceptors (Lipinski definition) is 4. The summed E-state index contributed by atoms with van der Waals surface area (Å²) in [4.78, 5) is 2.48. The minimum atomic E-state index is 0.538. The van der Waals surface area contributed by atoms with Gasteiger partial charge >= 0.3 is 0 Å². The SMILES string of the molecule is COc1ccc2c(c1)CCC(c1ccccc1NCc1ccc(OCCN3CCCC3)cc1)C2. The number of nitrogens with one attached hydrogen (secondary N) is 1. The Hall–Kier alpha value is -2.98. The van der Waals surface area contributed by atoms with Gasteiger partial charge in [0, 0.05) is 18.8 Å². The molecule has 1 heterocycles. The van der Waals surface area contributed by atoms with E-state index in [9.17, 15) is 0 Å². The number of rotatable bonds is 9. The summed E-state index contributed by atoms with van der Waals surface area (Å²) in [5.74, 6) is 2.46. The van der Waals surface area contributed by atoms with Crippen LogP contribution in [0.1, 0.15) is 47.4 Å². The summed E-state index contributed by atoms with van der Waals surface area (Å²) >= 11 is 0. The van der Waals surface area contributed by atoms with Gasteiger partial charge in [0.1, 0.15) is 18.1 Å². The molecule has 1 aliphatic carbocycles. The van der Waals surface area contributed by atoms with Crippen LogP contribution in [-0.4, -0.2) is 38.3 Å². The number of benzene rings is 3. The van der Waals surface area contributed by atoms with Crippen molar-refractivity contribution in [3.05, 3.63) is 89.0 Å². The molecule has 0 bridgehead atoms. The molecule has 0 amide bonds. The predicted molar refractivity (Wildman–Crippen MR) is 139 cm³/mol. The molecule has 1 atom stereocenters. The molecule has 3 aromatic carbocycles. The topological polar surface area (TPSA) is 33.7 Å². The van der Waals surface area contributed by atoms with Crippen LogP contribution in [0.2, 0.25) is 0 Å². The van der Waals surface area contributed by atoms with Crippen LogP contribution in [0.5, 0.6) is 11.5 Å². The van der Waals surface area contributed by atoms with Gasteiger partial charge in [0.15, 0.2) is 0 Å². The number of aryl methyl sites for hydroxylation is 1. The maximum atomic E-state index is 5.96. The second-order valence-corrected chi connectivity index (χ2v) is 9.56. The van der Waals surface area contributed by atoms with Gasteiger partial charge < -0.3 is 14.8 Å². The number of para-hydroxylation sites is 1. The smallest absolute Gasteiger partial charge is 0.119 e. The van der Waals surface area contributed by atoms with Gasteiger partial charge in [-0.3, -0.25) is 4.90 Å². The fourth-order valence-electron chi connectivity index (χ4n) is 5.34. The molecule has 1 unspecified atom stereocenters. The van der Waals surface area contributed by atoms with E-state index in [0.29, 0.717) is 5.92 Å². The summed E-state index contributed by atoms with van der Waals surface area (Å²) in [6.07, 6.45) is 6.01. The summed E-state index contributed by atoms with van der Waals surface area (Å²) in [6.45, 7) is 5.04. The molecule has 3 aromatic rings. The Morgan fingerprint density at radius 1 is 0.912 bits per heavy atom. The maximum Gasteiger partial charge on any atom is 0.119 e. The number of hydrogen-bond donors (Lipinski definition) is 1. The average Bonchev–Trinajstić information content (AvgIpc) is 3.41. The fraction of sp³-hybridized carbons (Fsp3) is 0.400. The zero-order valence-electron chi connectivity index (χ0n) is 20.3. The molecule has 1 saturated heterocycles. The van der Waals surface area contributed by atoms with E-state index >= 15 is 0 Å². The van der Waals surface area contributed by atoms with E-state index in [1.54, 1.807) is 7.11 Å². The molecule has 1 N–H and O–H groups in total. The highest BCUT2D eigenvalue weighted by Crippen LogP contribution is 2.37. The number of methoxy groups -OCH3 is 1. The van der Waals surface area contributed by atoms with Gasteiger partial charge in [-0.15, -0.1) is 0 Å². The van der Waals surface area contributed by atoms with Gasteiger partial charge in [-0.25, -0.2) is 0 Å². The van der Waals surface area contributed by atoms with Crippen molar-refractivity contribution in [2.75, 3.05) is 38.7 Å². The molecule has 4 heteroatoms. The molecule has 0 spiro atoms. The quantitative estimate of drug-likeness (QED) is 0.425. The van der Waals surface area contributed by atoms with Crippen molar-refractivity contribution >= 4 is 5.69 Å². The lowest BCUT2D eigenvalue weighted by atomic mass is 9.79. The summed E-state index contributed by atoms with van der Waals surface area (Å²) in [7, 11) is 1.74. The molecular weight excluding hydrogens is 420 g/mol. The highest BCUT2D eigenvalue weighted by molar-refractivity contribution is 5.54. The van der Waals surface area contributed by atoms with Crippen molar-refractivity contribution in [2.45, 2.75) is 44.6 Å². The Labute approximate surface area is 203 Å². The van der Waals surface area contributed by atoms with Crippen molar-refractivity contribution in [2.24, 2.45) is 0 Å². The number of likely N-dealkylation sites (tertiary alicyclic amines) is 1. The Morgan fingerprint density at radius 2 is 1.71 bits per heavy atom. The van der Waals surface area contributed by atoms with Gasteiger partial charge in [0.2, 0.25) is 0 Å². The molecular formula is C30H36N2O2. The molecule has 5 rings (SSSR count). The molecule has 1 aliphatic heterocycles. The lowest BCUT2D eigenvalue weighted by molar-refractivity contribution is 0.238. The van der Waals surface area contributed by atoms with Gasteiger partial charge in [0.25, 0.3) is 0 Å². The van der Waals surface area contributed by atoms with Crippen molar-refractivity contribution in [1.29, 1.82) is 0 Å². The van der Waals surface area contributed by atoms with E-state index < -0.39 is 0 Å². The Balaban J connectivity index is 1.17. The molecule has 0 aromatic heterocycles. The summed E-state index contributed by atoms with van der Waals surface area (Å²) < 4.78 is 11.4. The van der Waals surface area contributed by atoms with Gasteiger partial charge in [-0.2, -0.15) is 0 Å². The number of fused-ring (bicyclic) bond motifs is 1. The zero-order chi connectivity index (χ0) is 23.2. The minimum absolute atomic E-state index is 0.538. The Kier molecular flexibility index (Phi) is 7.35. The fourth-order valence-corrected chi connectivity index (χ4v) is 5.34. The first-order valence-corrected chi connectivity index (χ1v) is 12.7. The first-order chi connectivity index (χ1) is 16.8. The van der Waals surface area contributed by atoms with Crippen LogP contribution in [-0.2, 0) is 19.4 Å². The normalized spacial score (nSPS) is 17.9. The van der Waals surface area contributed by atoms with E-state index in [4.69, 9.17) is 9.47 Å². The van der Waals surface area contributed by atoms with Crippen LogP contribution in [0, 0.1) is 0 Å². The third-order valence-electron chi connectivity index (χ3n) is 7.32. The number of anilines is 1. The maximum absolute atomic E-state index is 5.96. The zero-order valence-corrected chi connectivity index (χ0v) is 20.3. The lowest BCUT2D eigenvalue weighted by Crippen LogP contribution is -2.25. The predicted octanol–water partition coefficient (Wildman–Crippen LogP) is 6.05. The van der Waals surface area contributed by atoms with Gasteiger partial charge in [-0.1, -0.05) is 36.4 Å². The second-order valence-electron chi connectivity index (χ2n) is 9.56. The van der Waals surface area contributed by atoms with Crippen molar-refractivity contribution < 1.29 is 9.47 Å². The van der Waals surface area contributed by atoms with Crippen LogP contribution in [0.15, 0.2) is 66.7 Å². The molecule has 2 aliphatic rings. The summed E-state index contributed by atoms with van der Waals surface area (Å²) in [6, 6.07) is 23.9. The molecule has 0 saturated carbocycles. The average molecular weight is 457 g/mol. The minimum Gasteiger partial charge on any atom is -0.497 e. The first-order valence-electron chi connectivity index (χ1n) is 12.7. The van der Waals surface area contributed by atoms with E-state index in [1.165, 1.54) is 60.3 Å². The van der Waals surface area contributed by atoms with E-state index in [0.717, 1.165) is 44.0 Å². The summed E-state index contributed by atoms with van der Waals surface area (Å²) in [5, 5.41) is 3.70. The standard InChI is InChI=1S/C30H36N2O2/c1-33-28-15-12-24-20-26(11-10-25(24)21-28)29-6-2-3-7-30(29)31-22-23-8-13-27(14-9-23)34-19-18-32-16-4-5-17-32/h2-3,6-9,12-15,21,26,31H,4-5,10-11,16-20,22H2,1H3. The Morgan fingerprint density at radius 3 is 2.53 bits per heavy atom. The van der Waals surface area contributed by atoms with Crippen molar-refractivity contribution in [3.63, 3.8) is 0 Å². The lowest BCUT2D eigenvalue weighted by Gasteiger charge is -2.27. The van der Waals surface area contributed by atoms with Crippen LogP contribution >= 0.6 is 0 Å². The number of nitrogens with zero attached hydrogens (tertiary/aromatic N) is 1. The number of ether oxygens (including phenoxy) is 2. The third kappa shape index (κ3) is 5.56. The van der Waals surface area contributed by atoms with Gasteiger partial charge in [-0.05, 0) is 104 Å². The highest BCUT2D eigenvalue weighted by Gasteiger charge is 2.22. The van der Waals surface area contributed by atoms with Crippen LogP contribution in [0.3, 0.4) is 0 Å². The molecule has 4 nitrogen and oxygen atoms in total. The highest BCUT2D eigenvalue weighted by atomic mass is 16.5. The summed E-state index contributed by atoms with van der Waals surface area (Å²) in [5.41, 5.74) is 6.82. The van der Waals surface area contributed by atoms with E-state index in [2.05, 4.69) is 76.9 Å². The van der Waals surface area contributed by atoms with E-state index in [-0.39, 0.29) is 0 Å². The molecule has 34 heavy (non-hydrogen) atoms. The molecule has 178 valence electrons. The second kappa shape index (κ2) is 11.0. The monoisotopic (exact) mass is 456 g/mol. The van der Waals surface area contributed by atoms with Crippen LogP contribution < -0.4 is 14.8 Å². The molecule has 0 radical (unpaired) electrons.